The first kappa shape index (κ1) is 17.9. The van der Waals surface area contributed by atoms with Gasteiger partial charge in [0.05, 0.1) is 11.0 Å². The van der Waals surface area contributed by atoms with Gasteiger partial charge >= 0.3 is 0 Å². The van der Waals surface area contributed by atoms with Gasteiger partial charge in [-0.05, 0) is 29.7 Å². The summed E-state index contributed by atoms with van der Waals surface area (Å²) in [5.74, 6) is 0.353. The van der Waals surface area contributed by atoms with Crippen LogP contribution in [0.3, 0.4) is 0 Å². The highest BCUT2D eigenvalue weighted by Crippen LogP contribution is 2.35. The summed E-state index contributed by atoms with van der Waals surface area (Å²) >= 11 is 7.55. The number of amides is 1. The molecule has 0 spiro atoms. The number of hydrogen-bond donors (Lipinski definition) is 2. The second kappa shape index (κ2) is 9.60. The van der Waals surface area contributed by atoms with Gasteiger partial charge in [0.1, 0.15) is 0 Å². The third kappa shape index (κ3) is 5.90. The molecule has 5 heteroatoms. The Morgan fingerprint density at radius 2 is 1.74 bits per heavy atom. The zero-order chi connectivity index (χ0) is 16.5. The van der Waals surface area contributed by atoms with Crippen LogP contribution < -0.4 is 5.32 Å². The molecule has 2 aromatic carbocycles. The molecular formula is C18H20ClNO2S. The quantitative estimate of drug-likeness (QED) is 0.715. The van der Waals surface area contributed by atoms with Crippen LogP contribution >= 0.6 is 23.4 Å². The summed E-state index contributed by atoms with van der Waals surface area (Å²) in [7, 11) is 0. The molecule has 1 atom stereocenters. The Hall–Kier alpha value is -1.49. The van der Waals surface area contributed by atoms with Crippen molar-refractivity contribution in [2.75, 3.05) is 18.9 Å². The molecule has 1 unspecified atom stereocenters. The van der Waals surface area contributed by atoms with Crippen molar-refractivity contribution >= 4 is 29.3 Å². The van der Waals surface area contributed by atoms with Gasteiger partial charge < -0.3 is 10.4 Å². The van der Waals surface area contributed by atoms with Crippen LogP contribution in [0.5, 0.6) is 0 Å². The van der Waals surface area contributed by atoms with Crippen LogP contribution in [-0.2, 0) is 4.79 Å². The normalized spacial score (nSPS) is 11.9. The number of aliphatic hydroxyl groups is 1. The van der Waals surface area contributed by atoms with Crippen molar-refractivity contribution in [2.24, 2.45) is 0 Å². The lowest BCUT2D eigenvalue weighted by atomic mass is 10.0. The number of thioether (sulfide) groups is 1. The van der Waals surface area contributed by atoms with E-state index in [0.29, 0.717) is 23.7 Å². The first-order valence-corrected chi connectivity index (χ1v) is 8.93. The molecule has 0 aliphatic carbocycles. The Balaban J connectivity index is 2.06. The molecule has 2 rings (SSSR count). The molecule has 0 fully saturated rings. The van der Waals surface area contributed by atoms with E-state index in [0.717, 1.165) is 11.1 Å². The van der Waals surface area contributed by atoms with Gasteiger partial charge in [-0.15, -0.1) is 11.8 Å². The number of halogens is 1. The van der Waals surface area contributed by atoms with E-state index in [-0.39, 0.29) is 17.8 Å². The van der Waals surface area contributed by atoms with E-state index in [2.05, 4.69) is 17.4 Å². The number of carbonyl (C=O) groups excluding carboxylic acids is 1. The highest BCUT2D eigenvalue weighted by Gasteiger charge is 2.16. The highest BCUT2D eigenvalue weighted by molar-refractivity contribution is 8.00. The van der Waals surface area contributed by atoms with Gasteiger partial charge in [-0.2, -0.15) is 0 Å². The molecule has 0 saturated carbocycles. The second-order valence-electron chi connectivity index (χ2n) is 5.08. The largest absolute Gasteiger partial charge is 0.396 e. The fourth-order valence-electron chi connectivity index (χ4n) is 2.17. The number of carbonyl (C=O) groups is 1. The zero-order valence-corrected chi connectivity index (χ0v) is 14.3. The molecule has 0 saturated heterocycles. The van der Waals surface area contributed by atoms with Gasteiger partial charge in [0.25, 0.3) is 0 Å². The van der Waals surface area contributed by atoms with E-state index in [1.807, 2.05) is 42.5 Å². The minimum atomic E-state index is -0.0154. The molecule has 2 aromatic rings. The molecule has 2 N–H and O–H groups in total. The Bertz CT molecular complexity index is 604. The van der Waals surface area contributed by atoms with Crippen molar-refractivity contribution in [1.29, 1.82) is 0 Å². The molecule has 0 heterocycles. The molecule has 0 radical (unpaired) electrons. The lowest BCUT2D eigenvalue weighted by molar-refractivity contribution is -0.118. The Morgan fingerprint density at radius 3 is 2.39 bits per heavy atom. The van der Waals surface area contributed by atoms with Crippen LogP contribution in [0.2, 0.25) is 5.02 Å². The van der Waals surface area contributed by atoms with E-state index in [1.165, 1.54) is 0 Å². The van der Waals surface area contributed by atoms with Crippen LogP contribution in [-0.4, -0.2) is 29.9 Å². The molecule has 0 aliphatic rings. The molecule has 23 heavy (non-hydrogen) atoms. The minimum absolute atomic E-state index is 0.0154. The Morgan fingerprint density at radius 1 is 1.09 bits per heavy atom. The van der Waals surface area contributed by atoms with E-state index in [1.54, 1.807) is 11.8 Å². The van der Waals surface area contributed by atoms with Crippen LogP contribution in [0, 0.1) is 0 Å². The Labute approximate surface area is 146 Å². The van der Waals surface area contributed by atoms with Gasteiger partial charge in [0, 0.05) is 18.2 Å². The first-order chi connectivity index (χ1) is 11.2. The summed E-state index contributed by atoms with van der Waals surface area (Å²) in [4.78, 5) is 11.9. The summed E-state index contributed by atoms with van der Waals surface area (Å²) in [5.41, 5.74) is 2.27. The molecule has 0 aromatic heterocycles. The number of rotatable bonds is 8. The number of aliphatic hydroxyl groups excluding tert-OH is 1. The minimum Gasteiger partial charge on any atom is -0.396 e. The molecule has 0 bridgehead atoms. The predicted molar refractivity (Wildman–Crippen MR) is 96.9 cm³/mol. The van der Waals surface area contributed by atoms with Gasteiger partial charge in [0.15, 0.2) is 0 Å². The summed E-state index contributed by atoms with van der Waals surface area (Å²) in [5, 5.41) is 12.3. The molecule has 3 nitrogen and oxygen atoms in total. The van der Waals surface area contributed by atoms with E-state index < -0.39 is 0 Å². The predicted octanol–water partition coefficient (Wildman–Crippen LogP) is 3.66. The van der Waals surface area contributed by atoms with Crippen molar-refractivity contribution in [3.8, 4) is 0 Å². The second-order valence-corrected chi connectivity index (χ2v) is 6.61. The molecule has 122 valence electrons. The van der Waals surface area contributed by atoms with Crippen molar-refractivity contribution < 1.29 is 9.90 Å². The first-order valence-electron chi connectivity index (χ1n) is 7.50. The maximum atomic E-state index is 11.9. The summed E-state index contributed by atoms with van der Waals surface area (Å²) < 4.78 is 0. The standard InChI is InChI=1S/C18H20ClNO2S/c19-16-9-7-15(8-10-16)18(14-5-2-1-3-6-14)23-13-17(22)20-11-4-12-21/h1-3,5-10,18,21H,4,11-13H2,(H,20,22). The maximum absolute atomic E-state index is 11.9. The highest BCUT2D eigenvalue weighted by atomic mass is 35.5. The van der Waals surface area contributed by atoms with Crippen molar-refractivity contribution in [3.63, 3.8) is 0 Å². The van der Waals surface area contributed by atoms with E-state index in [9.17, 15) is 4.79 Å². The topological polar surface area (TPSA) is 49.3 Å². The SMILES string of the molecule is O=C(CSC(c1ccccc1)c1ccc(Cl)cc1)NCCCO. The lowest BCUT2D eigenvalue weighted by Gasteiger charge is -2.17. The van der Waals surface area contributed by atoms with Gasteiger partial charge in [-0.25, -0.2) is 0 Å². The smallest absolute Gasteiger partial charge is 0.230 e. The van der Waals surface area contributed by atoms with Crippen LogP contribution in [0.4, 0.5) is 0 Å². The third-order valence-corrected chi connectivity index (χ3v) is 4.87. The van der Waals surface area contributed by atoms with E-state index in [4.69, 9.17) is 16.7 Å². The third-order valence-electron chi connectivity index (χ3n) is 3.31. The monoisotopic (exact) mass is 349 g/mol. The van der Waals surface area contributed by atoms with Crippen LogP contribution in [0.1, 0.15) is 22.8 Å². The fraction of sp³-hybridized carbons (Fsp3) is 0.278. The van der Waals surface area contributed by atoms with Gasteiger partial charge in [0.2, 0.25) is 5.91 Å². The molecular weight excluding hydrogens is 330 g/mol. The van der Waals surface area contributed by atoms with Crippen molar-refractivity contribution in [3.05, 3.63) is 70.7 Å². The summed E-state index contributed by atoms with van der Waals surface area (Å²) in [6, 6.07) is 17.8. The summed E-state index contributed by atoms with van der Waals surface area (Å²) in [6.07, 6.45) is 0.579. The van der Waals surface area contributed by atoms with Gasteiger partial charge in [-0.1, -0.05) is 54.1 Å². The number of benzene rings is 2. The number of nitrogens with one attached hydrogen (secondary N) is 1. The van der Waals surface area contributed by atoms with Crippen LogP contribution in [0.15, 0.2) is 54.6 Å². The average Bonchev–Trinajstić information content (AvgIpc) is 2.58. The molecule has 0 aliphatic heterocycles. The van der Waals surface area contributed by atoms with Crippen molar-refractivity contribution in [1.82, 2.24) is 5.32 Å². The van der Waals surface area contributed by atoms with Crippen LogP contribution in [0.25, 0.3) is 0 Å². The van der Waals surface area contributed by atoms with E-state index >= 15 is 0 Å². The number of hydrogen-bond acceptors (Lipinski definition) is 3. The van der Waals surface area contributed by atoms with Gasteiger partial charge in [-0.3, -0.25) is 4.79 Å². The Kier molecular flexibility index (Phi) is 7.46. The zero-order valence-electron chi connectivity index (χ0n) is 12.7. The lowest BCUT2D eigenvalue weighted by Crippen LogP contribution is -2.27. The summed E-state index contributed by atoms with van der Waals surface area (Å²) in [6.45, 7) is 0.595. The van der Waals surface area contributed by atoms with Crippen molar-refractivity contribution in [2.45, 2.75) is 11.7 Å². The maximum Gasteiger partial charge on any atom is 0.230 e. The molecule has 1 amide bonds. The average molecular weight is 350 g/mol. The fourth-order valence-corrected chi connectivity index (χ4v) is 3.41.